The molecule has 0 bridgehead atoms. The normalized spacial score (nSPS) is 26.1. The zero-order chi connectivity index (χ0) is 21.3. The van der Waals surface area contributed by atoms with Gasteiger partial charge in [0.2, 0.25) is 0 Å². The summed E-state index contributed by atoms with van der Waals surface area (Å²) < 4.78 is 5.04. The summed E-state index contributed by atoms with van der Waals surface area (Å²) in [4.78, 5) is 60.0. The van der Waals surface area contributed by atoms with Crippen LogP contribution in [0.15, 0.2) is 4.99 Å². The molecule has 2 fully saturated rings. The number of imide groups is 1. The first-order valence-electron chi connectivity index (χ1n) is 9.81. The van der Waals surface area contributed by atoms with Crippen molar-refractivity contribution in [2.45, 2.75) is 39.0 Å². The number of amidine groups is 1. The highest BCUT2D eigenvalue weighted by atomic mass is 16.6. The Labute approximate surface area is 169 Å². The molecule has 3 aliphatic heterocycles. The molecule has 0 radical (unpaired) electrons. The lowest BCUT2D eigenvalue weighted by molar-refractivity contribution is -0.129. The Kier molecular flexibility index (Phi) is 6.06. The van der Waals surface area contributed by atoms with Crippen LogP contribution in [-0.2, 0) is 14.3 Å². The van der Waals surface area contributed by atoms with E-state index in [1.807, 2.05) is 0 Å². The van der Waals surface area contributed by atoms with Gasteiger partial charge in [-0.2, -0.15) is 0 Å². The predicted molar refractivity (Wildman–Crippen MR) is 103 cm³/mol. The third kappa shape index (κ3) is 4.04. The predicted octanol–water partition coefficient (Wildman–Crippen LogP) is -0.672. The average Bonchev–Trinajstić information content (AvgIpc) is 3.06. The van der Waals surface area contributed by atoms with Crippen LogP contribution in [0.1, 0.15) is 20.8 Å². The van der Waals surface area contributed by atoms with Gasteiger partial charge in [-0.15, -0.1) is 0 Å². The average molecular weight is 408 g/mol. The van der Waals surface area contributed by atoms with Gasteiger partial charge in [0, 0.05) is 33.2 Å². The molecular formula is C18H28N6O5. The first-order chi connectivity index (χ1) is 13.7. The summed E-state index contributed by atoms with van der Waals surface area (Å²) >= 11 is 0. The Bertz CT molecular complexity index is 732. The molecule has 29 heavy (non-hydrogen) atoms. The van der Waals surface area contributed by atoms with Crippen LogP contribution in [0.3, 0.4) is 0 Å². The van der Waals surface area contributed by atoms with Crippen LogP contribution in [0.2, 0.25) is 0 Å². The van der Waals surface area contributed by atoms with Crippen LogP contribution in [0.5, 0.6) is 0 Å². The van der Waals surface area contributed by atoms with Crippen molar-refractivity contribution in [3.63, 3.8) is 0 Å². The van der Waals surface area contributed by atoms with Crippen LogP contribution in [0, 0.1) is 0 Å². The van der Waals surface area contributed by atoms with E-state index in [4.69, 9.17) is 4.74 Å². The molecule has 3 aliphatic rings. The molecule has 11 heteroatoms. The first kappa shape index (κ1) is 21.0. The van der Waals surface area contributed by atoms with E-state index in [9.17, 15) is 19.2 Å². The molecule has 3 atom stereocenters. The van der Waals surface area contributed by atoms with Crippen LogP contribution in [0.4, 0.5) is 9.59 Å². The number of hydrogen-bond donors (Lipinski definition) is 1. The van der Waals surface area contributed by atoms with Crippen molar-refractivity contribution in [2.24, 2.45) is 4.99 Å². The van der Waals surface area contributed by atoms with Crippen molar-refractivity contribution in [3.8, 4) is 0 Å². The molecular weight excluding hydrogens is 380 g/mol. The molecule has 4 amide bonds. The molecule has 0 aliphatic carbocycles. The maximum absolute atomic E-state index is 12.5. The lowest BCUT2D eigenvalue weighted by Crippen LogP contribution is -2.65. The molecule has 3 unspecified atom stereocenters. The third-order valence-electron chi connectivity index (χ3n) is 5.65. The van der Waals surface area contributed by atoms with Crippen molar-refractivity contribution in [3.05, 3.63) is 0 Å². The number of urea groups is 1. The monoisotopic (exact) mass is 408 g/mol. The van der Waals surface area contributed by atoms with Gasteiger partial charge in [0.05, 0.1) is 19.2 Å². The summed E-state index contributed by atoms with van der Waals surface area (Å²) in [7, 11) is 1.58. The summed E-state index contributed by atoms with van der Waals surface area (Å²) in [6.45, 7) is 8.05. The molecule has 0 aromatic carbocycles. The summed E-state index contributed by atoms with van der Waals surface area (Å²) in [6, 6.07) is -1.77. The second kappa shape index (κ2) is 8.36. The Balaban J connectivity index is 1.74. The first-order valence-corrected chi connectivity index (χ1v) is 9.81. The summed E-state index contributed by atoms with van der Waals surface area (Å²) in [5.74, 6) is 0.0684. The SMILES string of the molecule is CCOC(=O)N1CCN(CC2=NC3C(C(=O)NC(=O)N3C)N2C(C)C(C)=O)CC1. The van der Waals surface area contributed by atoms with Crippen LogP contribution < -0.4 is 5.32 Å². The van der Waals surface area contributed by atoms with E-state index in [1.165, 1.54) is 11.8 Å². The number of aliphatic imine (C=N–C) groups is 1. The maximum atomic E-state index is 12.5. The van der Waals surface area contributed by atoms with Crippen LogP contribution in [-0.4, -0.2) is 114 Å². The van der Waals surface area contributed by atoms with Crippen molar-refractivity contribution in [1.29, 1.82) is 0 Å². The third-order valence-corrected chi connectivity index (χ3v) is 5.65. The number of rotatable bonds is 5. The van der Waals surface area contributed by atoms with E-state index >= 15 is 0 Å². The Morgan fingerprint density at radius 2 is 1.90 bits per heavy atom. The van der Waals surface area contributed by atoms with E-state index in [2.05, 4.69) is 15.2 Å². The second-order valence-corrected chi connectivity index (χ2v) is 7.47. The van der Waals surface area contributed by atoms with Gasteiger partial charge in [0.15, 0.2) is 18.0 Å². The summed E-state index contributed by atoms with van der Waals surface area (Å²) in [5.41, 5.74) is 0. The van der Waals surface area contributed by atoms with E-state index in [1.54, 1.807) is 30.7 Å². The number of carbonyl (C=O) groups excluding carboxylic acids is 4. The highest BCUT2D eigenvalue weighted by Gasteiger charge is 2.50. The number of likely N-dealkylation sites (N-methyl/N-ethyl adjacent to an activating group) is 1. The molecule has 1 N–H and O–H groups in total. The topological polar surface area (TPSA) is 115 Å². The Morgan fingerprint density at radius 1 is 1.24 bits per heavy atom. The molecule has 0 saturated carbocycles. The zero-order valence-corrected chi connectivity index (χ0v) is 17.3. The number of amides is 4. The molecule has 0 aromatic rings. The number of nitrogens with one attached hydrogen (secondary N) is 1. The molecule has 11 nitrogen and oxygen atoms in total. The van der Waals surface area contributed by atoms with Gasteiger partial charge in [-0.1, -0.05) is 0 Å². The number of fused-ring (bicyclic) bond motifs is 1. The van der Waals surface area contributed by atoms with Crippen molar-refractivity contribution in [1.82, 2.24) is 24.9 Å². The molecule has 0 spiro atoms. The van der Waals surface area contributed by atoms with Gasteiger partial charge in [-0.05, 0) is 20.8 Å². The molecule has 2 saturated heterocycles. The van der Waals surface area contributed by atoms with Gasteiger partial charge >= 0.3 is 12.1 Å². The van der Waals surface area contributed by atoms with Crippen LogP contribution in [0.25, 0.3) is 0 Å². The fourth-order valence-electron chi connectivity index (χ4n) is 3.83. The smallest absolute Gasteiger partial charge is 0.409 e. The fourth-order valence-corrected chi connectivity index (χ4v) is 3.83. The zero-order valence-electron chi connectivity index (χ0n) is 17.3. The number of ketones is 1. The highest BCUT2D eigenvalue weighted by molar-refractivity contribution is 6.05. The number of nitrogens with zero attached hydrogens (tertiary/aromatic N) is 5. The van der Waals surface area contributed by atoms with Gasteiger partial charge in [0.1, 0.15) is 5.84 Å². The van der Waals surface area contributed by atoms with E-state index < -0.39 is 30.2 Å². The van der Waals surface area contributed by atoms with Crippen molar-refractivity contribution in [2.75, 3.05) is 46.4 Å². The number of ether oxygens (including phenoxy) is 1. The maximum Gasteiger partial charge on any atom is 0.409 e. The molecule has 160 valence electrons. The number of Topliss-reactive ketones (excluding diaryl/α,β-unsaturated/α-hetero) is 1. The number of piperazine rings is 1. The fraction of sp³-hybridized carbons (Fsp3) is 0.722. The minimum atomic E-state index is -0.729. The quantitative estimate of drug-likeness (QED) is 0.641. The highest BCUT2D eigenvalue weighted by Crippen LogP contribution is 2.27. The largest absolute Gasteiger partial charge is 0.450 e. The summed E-state index contributed by atoms with van der Waals surface area (Å²) in [5, 5.41) is 2.33. The Morgan fingerprint density at radius 3 is 2.48 bits per heavy atom. The van der Waals surface area contributed by atoms with Gasteiger partial charge in [-0.25, -0.2) is 14.6 Å². The van der Waals surface area contributed by atoms with E-state index in [0.29, 0.717) is 45.2 Å². The lowest BCUT2D eigenvalue weighted by atomic mass is 10.1. The number of carbonyl (C=O) groups is 4. The number of hydrogen-bond acceptors (Lipinski definition) is 8. The van der Waals surface area contributed by atoms with Gasteiger partial charge < -0.3 is 19.4 Å². The summed E-state index contributed by atoms with van der Waals surface area (Å²) in [6.07, 6.45) is -0.978. The van der Waals surface area contributed by atoms with E-state index in [-0.39, 0.29) is 11.9 Å². The van der Waals surface area contributed by atoms with Gasteiger partial charge in [0.25, 0.3) is 5.91 Å². The molecule has 3 rings (SSSR count). The Hall–Kier alpha value is -2.69. The standard InChI is InChI=1S/C18H28N6O5/c1-5-29-18(28)23-8-6-22(7-9-23)10-13-19-15-14(24(13)11(2)12(3)25)16(26)20-17(27)21(15)4/h11,14-15H,5-10H2,1-4H3,(H,20,26,27). The van der Waals surface area contributed by atoms with Crippen molar-refractivity contribution < 1.29 is 23.9 Å². The van der Waals surface area contributed by atoms with Gasteiger partial charge in [-0.3, -0.25) is 19.8 Å². The lowest BCUT2D eigenvalue weighted by Gasteiger charge is -2.39. The molecule has 0 aromatic heterocycles. The van der Waals surface area contributed by atoms with Crippen LogP contribution >= 0.6 is 0 Å². The second-order valence-electron chi connectivity index (χ2n) is 7.47. The molecule has 3 heterocycles. The minimum absolute atomic E-state index is 0.0853. The van der Waals surface area contributed by atoms with E-state index in [0.717, 1.165) is 0 Å². The minimum Gasteiger partial charge on any atom is -0.450 e. The van der Waals surface area contributed by atoms with Crippen molar-refractivity contribution >= 4 is 29.7 Å².